The summed E-state index contributed by atoms with van der Waals surface area (Å²) in [5.74, 6) is 0.358. The topological polar surface area (TPSA) is 94.0 Å². The predicted molar refractivity (Wildman–Crippen MR) is 124 cm³/mol. The Morgan fingerprint density at radius 2 is 2.00 bits per heavy atom. The van der Waals surface area contributed by atoms with Crippen LogP contribution < -0.4 is 19.1 Å². The number of nitrogens with zero attached hydrogens (tertiary/aromatic N) is 3. The van der Waals surface area contributed by atoms with Crippen LogP contribution in [-0.2, 0) is 6.61 Å². The number of ether oxygens (including phenoxy) is 3. The molecule has 1 aromatic heterocycles. The Bertz CT molecular complexity index is 1210. The van der Waals surface area contributed by atoms with Gasteiger partial charge < -0.3 is 24.2 Å². The number of methoxy groups -OCH3 is 2. The maximum absolute atomic E-state index is 13.4. The molecule has 0 bridgehead atoms. The second kappa shape index (κ2) is 10.1. The van der Waals surface area contributed by atoms with Crippen molar-refractivity contribution in [1.29, 1.82) is 0 Å². The van der Waals surface area contributed by atoms with Crippen LogP contribution in [0.4, 0.5) is 10.3 Å². The van der Waals surface area contributed by atoms with Crippen LogP contribution in [0.5, 0.6) is 17.2 Å². The molecule has 1 aliphatic heterocycles. The van der Waals surface area contributed by atoms with Gasteiger partial charge in [-0.3, -0.25) is 0 Å². The van der Waals surface area contributed by atoms with Crippen molar-refractivity contribution < 1.29 is 28.5 Å². The average molecular weight is 488 g/mol. The Morgan fingerprint density at radius 1 is 1.21 bits per heavy atom. The fourth-order valence-corrected chi connectivity index (χ4v) is 4.15. The summed E-state index contributed by atoms with van der Waals surface area (Å²) < 4.78 is 30.0. The lowest BCUT2D eigenvalue weighted by molar-refractivity contribution is 0.0692. The van der Waals surface area contributed by atoms with Gasteiger partial charge >= 0.3 is 5.97 Å². The number of aromatic nitrogens is 2. The molecule has 0 spiro atoms. The molecule has 10 heteroatoms. The molecule has 4 rings (SSSR count). The highest BCUT2D eigenvalue weighted by atomic mass is 35.5. The van der Waals surface area contributed by atoms with Crippen molar-refractivity contribution in [3.05, 3.63) is 70.3 Å². The SMILES string of the molecule is COc1ccc(OC)c([C@H]2CCCN2c2ncc(C(=O)O)c(COc3ccc(F)c(Cl)c3)n2)c1. The Kier molecular flexibility index (Phi) is 7.02. The smallest absolute Gasteiger partial charge is 0.339 e. The minimum Gasteiger partial charge on any atom is -0.497 e. The highest BCUT2D eigenvalue weighted by Crippen LogP contribution is 2.40. The van der Waals surface area contributed by atoms with Gasteiger partial charge in [0.1, 0.15) is 35.2 Å². The van der Waals surface area contributed by atoms with Gasteiger partial charge in [-0.2, -0.15) is 0 Å². The molecule has 1 N–H and O–H groups in total. The zero-order chi connectivity index (χ0) is 24.2. The Balaban J connectivity index is 1.65. The van der Waals surface area contributed by atoms with Gasteiger partial charge in [0.15, 0.2) is 0 Å². The second-order valence-corrected chi connectivity index (χ2v) is 8.07. The number of hydrogen-bond acceptors (Lipinski definition) is 7. The summed E-state index contributed by atoms with van der Waals surface area (Å²) >= 11 is 5.81. The molecule has 0 amide bonds. The molecule has 8 nitrogen and oxygen atoms in total. The lowest BCUT2D eigenvalue weighted by Gasteiger charge is -2.27. The minimum atomic E-state index is -1.17. The summed E-state index contributed by atoms with van der Waals surface area (Å²) in [5, 5.41) is 9.51. The van der Waals surface area contributed by atoms with E-state index in [0.717, 1.165) is 24.2 Å². The van der Waals surface area contributed by atoms with Crippen LogP contribution in [0.25, 0.3) is 0 Å². The Hall–Kier alpha value is -3.59. The average Bonchev–Trinajstić information content (AvgIpc) is 3.34. The van der Waals surface area contributed by atoms with Crippen LogP contribution >= 0.6 is 11.6 Å². The highest BCUT2D eigenvalue weighted by molar-refractivity contribution is 6.30. The maximum Gasteiger partial charge on any atom is 0.339 e. The van der Waals surface area contributed by atoms with Crippen LogP contribution in [0.1, 0.15) is 40.5 Å². The maximum atomic E-state index is 13.4. The molecule has 34 heavy (non-hydrogen) atoms. The van der Waals surface area contributed by atoms with E-state index in [-0.39, 0.29) is 28.9 Å². The molecule has 1 fully saturated rings. The molecule has 178 valence electrons. The van der Waals surface area contributed by atoms with Crippen LogP contribution in [0.3, 0.4) is 0 Å². The Morgan fingerprint density at radius 3 is 2.71 bits per heavy atom. The van der Waals surface area contributed by atoms with E-state index in [1.807, 2.05) is 23.1 Å². The van der Waals surface area contributed by atoms with Crippen LogP contribution in [-0.4, -0.2) is 41.8 Å². The first kappa shape index (κ1) is 23.6. The molecule has 1 aliphatic rings. The van der Waals surface area contributed by atoms with Gasteiger partial charge in [0.2, 0.25) is 5.95 Å². The molecule has 0 aliphatic carbocycles. The van der Waals surface area contributed by atoms with E-state index in [2.05, 4.69) is 9.97 Å². The van der Waals surface area contributed by atoms with Crippen molar-refractivity contribution >= 4 is 23.5 Å². The molecule has 3 aromatic rings. The lowest BCUT2D eigenvalue weighted by Crippen LogP contribution is -2.26. The van der Waals surface area contributed by atoms with E-state index in [4.69, 9.17) is 25.8 Å². The standard InChI is InChI=1S/C24H23ClFN3O5/c1-32-14-6-8-22(33-2)16(10-14)21-4-3-9-29(21)24-27-12-17(23(30)31)20(28-24)13-34-15-5-7-19(26)18(25)11-15/h5-8,10-12,21H,3-4,9,13H2,1-2H3,(H,30,31)/t21-/m1/s1. The molecule has 1 saturated heterocycles. The number of hydrogen-bond donors (Lipinski definition) is 1. The van der Waals surface area contributed by atoms with E-state index in [0.29, 0.717) is 24.0 Å². The van der Waals surface area contributed by atoms with Crippen molar-refractivity contribution in [2.45, 2.75) is 25.5 Å². The zero-order valence-electron chi connectivity index (χ0n) is 18.6. The van der Waals surface area contributed by atoms with Crippen LogP contribution in [0, 0.1) is 5.82 Å². The summed E-state index contributed by atoms with van der Waals surface area (Å²) in [5.41, 5.74) is 1.05. The van der Waals surface area contributed by atoms with E-state index in [9.17, 15) is 14.3 Å². The van der Waals surface area contributed by atoms with Gasteiger partial charge in [0, 0.05) is 24.4 Å². The van der Waals surface area contributed by atoms with E-state index < -0.39 is 11.8 Å². The van der Waals surface area contributed by atoms with Crippen molar-refractivity contribution in [2.75, 3.05) is 25.7 Å². The normalized spacial score (nSPS) is 15.3. The number of anilines is 1. The summed E-state index contributed by atoms with van der Waals surface area (Å²) in [4.78, 5) is 22.6. The van der Waals surface area contributed by atoms with Crippen molar-refractivity contribution in [3.8, 4) is 17.2 Å². The van der Waals surface area contributed by atoms with Crippen molar-refractivity contribution in [2.24, 2.45) is 0 Å². The lowest BCUT2D eigenvalue weighted by atomic mass is 10.0. The molecule has 2 heterocycles. The zero-order valence-corrected chi connectivity index (χ0v) is 19.4. The van der Waals surface area contributed by atoms with Gasteiger partial charge in [-0.05, 0) is 43.2 Å². The van der Waals surface area contributed by atoms with Crippen LogP contribution in [0.2, 0.25) is 5.02 Å². The number of carbonyl (C=O) groups is 1. The second-order valence-electron chi connectivity index (χ2n) is 7.66. The van der Waals surface area contributed by atoms with E-state index >= 15 is 0 Å². The summed E-state index contributed by atoms with van der Waals surface area (Å²) in [6, 6.07) is 9.45. The number of aromatic carboxylic acids is 1. The fraction of sp³-hybridized carbons (Fsp3) is 0.292. The molecule has 2 aromatic carbocycles. The summed E-state index contributed by atoms with van der Waals surface area (Å²) in [7, 11) is 3.21. The number of carboxylic acid groups (broad SMARTS) is 1. The third kappa shape index (κ3) is 4.84. The van der Waals surface area contributed by atoms with Gasteiger partial charge in [-0.1, -0.05) is 11.6 Å². The first-order valence-corrected chi connectivity index (χ1v) is 10.9. The van der Waals surface area contributed by atoms with Crippen molar-refractivity contribution in [3.63, 3.8) is 0 Å². The molecular weight excluding hydrogens is 465 g/mol. The number of halogens is 2. The van der Waals surface area contributed by atoms with Gasteiger partial charge in [0.05, 0.1) is 31.0 Å². The van der Waals surface area contributed by atoms with E-state index in [1.165, 1.54) is 24.4 Å². The monoisotopic (exact) mass is 487 g/mol. The highest BCUT2D eigenvalue weighted by Gasteiger charge is 2.31. The third-order valence-electron chi connectivity index (χ3n) is 5.66. The molecule has 0 unspecified atom stereocenters. The first-order chi connectivity index (χ1) is 16.4. The van der Waals surface area contributed by atoms with Crippen molar-refractivity contribution in [1.82, 2.24) is 9.97 Å². The summed E-state index contributed by atoms with van der Waals surface area (Å²) in [6.07, 6.45) is 3.02. The fourth-order valence-electron chi connectivity index (χ4n) is 3.98. The largest absolute Gasteiger partial charge is 0.497 e. The summed E-state index contributed by atoms with van der Waals surface area (Å²) in [6.45, 7) is 0.533. The molecular formula is C24H23ClFN3O5. The molecule has 1 atom stereocenters. The van der Waals surface area contributed by atoms with Gasteiger partial charge in [-0.15, -0.1) is 0 Å². The third-order valence-corrected chi connectivity index (χ3v) is 5.95. The molecule has 0 radical (unpaired) electrons. The van der Waals surface area contributed by atoms with Gasteiger partial charge in [-0.25, -0.2) is 19.2 Å². The van der Waals surface area contributed by atoms with Gasteiger partial charge in [0.25, 0.3) is 0 Å². The quantitative estimate of drug-likeness (QED) is 0.479. The predicted octanol–water partition coefficient (Wildman–Crippen LogP) is 4.91. The minimum absolute atomic E-state index is 0.0772. The first-order valence-electron chi connectivity index (χ1n) is 10.6. The van der Waals surface area contributed by atoms with Crippen LogP contribution in [0.15, 0.2) is 42.6 Å². The number of carboxylic acids is 1. The number of benzene rings is 2. The molecule has 0 saturated carbocycles. The number of rotatable bonds is 8. The Labute approximate surface area is 200 Å². The van der Waals surface area contributed by atoms with E-state index in [1.54, 1.807) is 14.2 Å².